The van der Waals surface area contributed by atoms with Crippen molar-refractivity contribution in [2.24, 2.45) is 5.73 Å². The Kier molecular flexibility index (Phi) is 8.10. The van der Waals surface area contributed by atoms with E-state index in [-0.39, 0.29) is 19.0 Å². The second-order valence-electron chi connectivity index (χ2n) is 9.90. The molecule has 0 bridgehead atoms. The van der Waals surface area contributed by atoms with E-state index in [1.54, 1.807) is 32.9 Å². The van der Waals surface area contributed by atoms with Gasteiger partial charge in [-0.3, -0.25) is 14.6 Å². The number of alkyl carbamates (subject to hydrolysis) is 1. The number of nitrogens with two attached hydrogens (primary N) is 1. The molecule has 0 spiro atoms. The first-order chi connectivity index (χ1) is 18.6. The summed E-state index contributed by atoms with van der Waals surface area (Å²) in [6.45, 7) is 5.87. The molecule has 0 saturated carbocycles. The first-order valence-electron chi connectivity index (χ1n) is 12.5. The van der Waals surface area contributed by atoms with Crippen molar-refractivity contribution in [2.75, 3.05) is 18.4 Å². The van der Waals surface area contributed by atoms with Gasteiger partial charge in [0, 0.05) is 35.9 Å². The van der Waals surface area contributed by atoms with E-state index < -0.39 is 17.6 Å². The van der Waals surface area contributed by atoms with Crippen LogP contribution >= 0.6 is 0 Å². The fourth-order valence-corrected chi connectivity index (χ4v) is 3.93. The molecule has 1 heterocycles. The van der Waals surface area contributed by atoms with Crippen molar-refractivity contribution >= 4 is 40.2 Å². The van der Waals surface area contributed by atoms with Crippen molar-refractivity contribution in [3.63, 3.8) is 0 Å². The predicted molar refractivity (Wildman–Crippen MR) is 152 cm³/mol. The van der Waals surface area contributed by atoms with Gasteiger partial charge in [0.05, 0.1) is 16.8 Å². The standard InChI is InChI=1S/C30H31N5O4/c1-30(2,3)39-29(38)33-16-15-32-28(37)20-11-9-19(10-12-20)21-13-14-23-25(17-21)34-18-24(27(31)36)26(23)35-22-7-5-4-6-8-22/h4-14,17-18H,15-16H2,1-3H3,(H2,31,36)(H,32,37)(H,33,38)(H,34,35). The maximum absolute atomic E-state index is 12.5. The maximum Gasteiger partial charge on any atom is 0.407 e. The molecule has 200 valence electrons. The average Bonchev–Trinajstić information content (AvgIpc) is 2.90. The maximum atomic E-state index is 12.5. The molecule has 4 rings (SSSR count). The molecule has 39 heavy (non-hydrogen) atoms. The SMILES string of the molecule is CC(C)(C)OC(=O)NCCNC(=O)c1ccc(-c2ccc3c(Nc4ccccc4)c(C(N)=O)cnc3c2)cc1. The van der Waals surface area contributed by atoms with Gasteiger partial charge in [-0.25, -0.2) is 4.79 Å². The highest BCUT2D eigenvalue weighted by molar-refractivity contribution is 6.08. The minimum atomic E-state index is -0.579. The van der Waals surface area contributed by atoms with Crippen molar-refractivity contribution in [1.82, 2.24) is 15.6 Å². The van der Waals surface area contributed by atoms with Crippen LogP contribution in [0.1, 0.15) is 41.5 Å². The van der Waals surface area contributed by atoms with Gasteiger partial charge in [-0.1, -0.05) is 42.5 Å². The summed E-state index contributed by atoms with van der Waals surface area (Å²) in [5.74, 6) is -0.815. The van der Waals surface area contributed by atoms with Crippen molar-refractivity contribution in [3.8, 4) is 11.1 Å². The van der Waals surface area contributed by atoms with Crippen LogP contribution in [0.4, 0.5) is 16.2 Å². The molecular weight excluding hydrogens is 494 g/mol. The Bertz CT molecular complexity index is 1500. The molecule has 1 aromatic heterocycles. The number of carbonyl (C=O) groups is 3. The number of ether oxygens (including phenoxy) is 1. The van der Waals surface area contributed by atoms with Crippen LogP contribution in [0, 0.1) is 0 Å². The number of fused-ring (bicyclic) bond motifs is 1. The second-order valence-corrected chi connectivity index (χ2v) is 9.90. The van der Waals surface area contributed by atoms with Crippen LogP contribution in [-0.4, -0.2) is 41.6 Å². The van der Waals surface area contributed by atoms with E-state index in [1.807, 2.05) is 60.7 Å². The Hall–Kier alpha value is -4.92. The Morgan fingerprint density at radius 1 is 0.872 bits per heavy atom. The fourth-order valence-electron chi connectivity index (χ4n) is 3.93. The van der Waals surface area contributed by atoms with Gasteiger partial charge in [0.15, 0.2) is 0 Å². The van der Waals surface area contributed by atoms with Gasteiger partial charge in [0.2, 0.25) is 0 Å². The number of rotatable bonds is 8. The topological polar surface area (TPSA) is 135 Å². The summed E-state index contributed by atoms with van der Waals surface area (Å²) >= 11 is 0. The highest BCUT2D eigenvalue weighted by atomic mass is 16.6. The number of nitrogens with one attached hydrogen (secondary N) is 3. The summed E-state index contributed by atoms with van der Waals surface area (Å²) in [5.41, 5.74) is 9.75. The van der Waals surface area contributed by atoms with E-state index in [0.29, 0.717) is 22.3 Å². The third-order valence-corrected chi connectivity index (χ3v) is 5.74. The van der Waals surface area contributed by atoms with Crippen LogP contribution in [0.2, 0.25) is 0 Å². The van der Waals surface area contributed by atoms with E-state index in [9.17, 15) is 14.4 Å². The van der Waals surface area contributed by atoms with E-state index >= 15 is 0 Å². The van der Waals surface area contributed by atoms with Crippen LogP contribution in [0.5, 0.6) is 0 Å². The summed E-state index contributed by atoms with van der Waals surface area (Å²) in [6, 6.07) is 22.5. The first-order valence-corrected chi connectivity index (χ1v) is 12.5. The molecule has 0 unspecified atom stereocenters. The summed E-state index contributed by atoms with van der Waals surface area (Å²) in [4.78, 5) is 40.8. The lowest BCUT2D eigenvalue weighted by atomic mass is 10.0. The Morgan fingerprint density at radius 2 is 1.54 bits per heavy atom. The zero-order valence-electron chi connectivity index (χ0n) is 22.1. The number of amides is 3. The van der Waals surface area contributed by atoms with Gasteiger partial charge in [-0.05, 0) is 62.2 Å². The minimum absolute atomic E-state index is 0.247. The summed E-state index contributed by atoms with van der Waals surface area (Å²) in [7, 11) is 0. The molecule has 0 aliphatic rings. The quantitative estimate of drug-likeness (QED) is 0.239. The van der Waals surface area contributed by atoms with Gasteiger partial charge in [0.1, 0.15) is 5.60 Å². The lowest BCUT2D eigenvalue weighted by Gasteiger charge is -2.19. The van der Waals surface area contributed by atoms with Gasteiger partial charge < -0.3 is 26.4 Å². The smallest absolute Gasteiger partial charge is 0.407 e. The number of para-hydroxylation sites is 1. The molecule has 3 amide bonds. The summed E-state index contributed by atoms with van der Waals surface area (Å²) in [6.07, 6.45) is 0.949. The number of nitrogens with zero attached hydrogens (tertiary/aromatic N) is 1. The monoisotopic (exact) mass is 525 g/mol. The number of primary amides is 1. The number of pyridine rings is 1. The third kappa shape index (κ3) is 7.10. The number of hydrogen-bond donors (Lipinski definition) is 4. The zero-order valence-corrected chi connectivity index (χ0v) is 22.1. The van der Waals surface area contributed by atoms with Gasteiger partial charge >= 0.3 is 6.09 Å². The summed E-state index contributed by atoms with van der Waals surface area (Å²) in [5, 5.41) is 9.44. The molecular formula is C30H31N5O4. The van der Waals surface area contributed by atoms with Crippen LogP contribution in [-0.2, 0) is 4.74 Å². The third-order valence-electron chi connectivity index (χ3n) is 5.74. The first kappa shape index (κ1) is 27.1. The van der Waals surface area contributed by atoms with E-state index in [0.717, 1.165) is 22.2 Å². The number of anilines is 2. The molecule has 9 heteroatoms. The van der Waals surface area contributed by atoms with E-state index in [1.165, 1.54) is 6.20 Å². The van der Waals surface area contributed by atoms with Crippen LogP contribution < -0.4 is 21.7 Å². The second kappa shape index (κ2) is 11.6. The normalized spacial score (nSPS) is 11.1. The molecule has 5 N–H and O–H groups in total. The molecule has 0 radical (unpaired) electrons. The van der Waals surface area contributed by atoms with Crippen molar-refractivity contribution in [2.45, 2.75) is 26.4 Å². The van der Waals surface area contributed by atoms with Gasteiger partial charge in [0.25, 0.3) is 11.8 Å². The van der Waals surface area contributed by atoms with E-state index in [2.05, 4.69) is 20.9 Å². The predicted octanol–water partition coefficient (Wildman–Crippen LogP) is 5.00. The van der Waals surface area contributed by atoms with Crippen LogP contribution in [0.3, 0.4) is 0 Å². The number of benzene rings is 3. The molecule has 0 aliphatic heterocycles. The van der Waals surface area contributed by atoms with Crippen molar-refractivity contribution in [1.29, 1.82) is 0 Å². The lowest BCUT2D eigenvalue weighted by molar-refractivity contribution is 0.0526. The van der Waals surface area contributed by atoms with Gasteiger partial charge in [-0.2, -0.15) is 0 Å². The molecule has 0 saturated heterocycles. The Morgan fingerprint density at radius 3 is 2.21 bits per heavy atom. The van der Waals surface area contributed by atoms with Crippen LogP contribution in [0.15, 0.2) is 79.0 Å². The molecule has 0 aliphatic carbocycles. The fraction of sp³-hybridized carbons (Fsp3) is 0.200. The largest absolute Gasteiger partial charge is 0.444 e. The molecule has 3 aromatic carbocycles. The Labute approximate surface area is 226 Å². The van der Waals surface area contributed by atoms with Gasteiger partial charge in [-0.15, -0.1) is 0 Å². The summed E-state index contributed by atoms with van der Waals surface area (Å²) < 4.78 is 5.17. The molecule has 0 fully saturated rings. The number of carbonyl (C=O) groups excluding carboxylic acids is 3. The van der Waals surface area contributed by atoms with E-state index in [4.69, 9.17) is 10.5 Å². The highest BCUT2D eigenvalue weighted by Crippen LogP contribution is 2.32. The zero-order chi connectivity index (χ0) is 28.0. The molecule has 0 atom stereocenters. The molecule has 9 nitrogen and oxygen atoms in total. The number of aromatic nitrogens is 1. The van der Waals surface area contributed by atoms with Crippen LogP contribution in [0.25, 0.3) is 22.0 Å². The number of hydrogen-bond acceptors (Lipinski definition) is 6. The van der Waals surface area contributed by atoms with Crippen molar-refractivity contribution in [3.05, 3.63) is 90.1 Å². The minimum Gasteiger partial charge on any atom is -0.444 e. The average molecular weight is 526 g/mol. The Balaban J connectivity index is 1.46. The highest BCUT2D eigenvalue weighted by Gasteiger charge is 2.16. The molecule has 4 aromatic rings. The van der Waals surface area contributed by atoms with Crippen molar-refractivity contribution < 1.29 is 19.1 Å². The lowest BCUT2D eigenvalue weighted by Crippen LogP contribution is -2.37.